The molecule has 0 aromatic carbocycles. The third-order valence-electron chi connectivity index (χ3n) is 2.62. The van der Waals surface area contributed by atoms with E-state index in [4.69, 9.17) is 0 Å². The number of aromatic nitrogens is 3. The van der Waals surface area contributed by atoms with Crippen LogP contribution in [0.3, 0.4) is 0 Å². The average molecular weight is 307 g/mol. The summed E-state index contributed by atoms with van der Waals surface area (Å²) < 4.78 is 26.9. The average Bonchev–Trinajstić information content (AvgIpc) is 2.45. The minimum Gasteiger partial charge on any atom is -0.354 e. The highest BCUT2D eigenvalue weighted by molar-refractivity contribution is 7.92. The molecule has 0 aliphatic rings. The van der Waals surface area contributed by atoms with Crippen molar-refractivity contribution in [1.29, 1.82) is 0 Å². The lowest BCUT2D eigenvalue weighted by Crippen LogP contribution is -2.14. The normalized spacial score (nSPS) is 11.1. The summed E-state index contributed by atoms with van der Waals surface area (Å²) in [4.78, 5) is 12.0. The molecule has 2 heterocycles. The molecule has 2 aromatic rings. The number of pyridine rings is 1. The van der Waals surface area contributed by atoms with E-state index in [0.717, 1.165) is 18.7 Å². The number of sulfonamides is 1. The Balaban J connectivity index is 2.15. The number of nitrogens with zero attached hydrogens (tertiary/aromatic N) is 3. The van der Waals surface area contributed by atoms with Gasteiger partial charge in [0, 0.05) is 18.4 Å². The van der Waals surface area contributed by atoms with Crippen LogP contribution in [0.15, 0.2) is 35.6 Å². The molecule has 8 heteroatoms. The van der Waals surface area contributed by atoms with E-state index in [0.29, 0.717) is 11.6 Å². The SMILES string of the molecule is CCCNc1ncc(S(=O)(=O)Nc2ccnc(C)c2)cn1. The van der Waals surface area contributed by atoms with Crippen LogP contribution in [0.2, 0.25) is 0 Å². The number of hydrogen-bond acceptors (Lipinski definition) is 6. The standard InChI is InChI=1S/C13H17N5O2S/c1-3-5-15-13-16-8-12(9-17-13)21(19,20)18-11-4-6-14-10(2)7-11/h4,6-9H,3,5H2,1-2H3,(H,14,18)(H,15,16,17). The fourth-order valence-corrected chi connectivity index (χ4v) is 2.54. The molecule has 2 aromatic heterocycles. The van der Waals surface area contributed by atoms with Gasteiger partial charge in [0.25, 0.3) is 10.0 Å². The van der Waals surface area contributed by atoms with Crippen LogP contribution in [0.4, 0.5) is 11.6 Å². The molecule has 21 heavy (non-hydrogen) atoms. The molecule has 0 bridgehead atoms. The lowest BCUT2D eigenvalue weighted by molar-refractivity contribution is 0.600. The van der Waals surface area contributed by atoms with Crippen molar-refractivity contribution in [2.45, 2.75) is 25.2 Å². The summed E-state index contributed by atoms with van der Waals surface area (Å²) >= 11 is 0. The predicted molar refractivity (Wildman–Crippen MR) is 80.6 cm³/mol. The maximum atomic E-state index is 12.2. The van der Waals surface area contributed by atoms with Gasteiger partial charge in [0.1, 0.15) is 4.90 Å². The molecule has 7 nitrogen and oxygen atoms in total. The summed E-state index contributed by atoms with van der Waals surface area (Å²) in [6, 6.07) is 3.23. The van der Waals surface area contributed by atoms with Gasteiger partial charge in [-0.15, -0.1) is 0 Å². The molecule has 0 atom stereocenters. The van der Waals surface area contributed by atoms with Crippen LogP contribution in [-0.2, 0) is 10.0 Å². The van der Waals surface area contributed by atoms with Crippen LogP contribution in [-0.4, -0.2) is 29.9 Å². The topological polar surface area (TPSA) is 96.9 Å². The fraction of sp³-hybridized carbons (Fsp3) is 0.308. The van der Waals surface area contributed by atoms with Gasteiger partial charge < -0.3 is 5.32 Å². The summed E-state index contributed by atoms with van der Waals surface area (Å²) in [6.07, 6.45) is 5.04. The van der Waals surface area contributed by atoms with Crippen LogP contribution in [0.1, 0.15) is 19.0 Å². The summed E-state index contributed by atoms with van der Waals surface area (Å²) in [5.41, 5.74) is 1.18. The Morgan fingerprint density at radius 2 is 1.90 bits per heavy atom. The molecule has 2 rings (SSSR count). The van der Waals surface area contributed by atoms with E-state index in [1.54, 1.807) is 25.3 Å². The van der Waals surface area contributed by atoms with E-state index in [-0.39, 0.29) is 4.90 Å². The van der Waals surface area contributed by atoms with Gasteiger partial charge in [-0.05, 0) is 25.5 Å². The van der Waals surface area contributed by atoms with E-state index >= 15 is 0 Å². The second-order valence-electron chi connectivity index (χ2n) is 4.46. The zero-order valence-electron chi connectivity index (χ0n) is 11.9. The Hall–Kier alpha value is -2.22. The zero-order chi connectivity index (χ0) is 15.3. The largest absolute Gasteiger partial charge is 0.354 e. The van der Waals surface area contributed by atoms with Crippen LogP contribution >= 0.6 is 0 Å². The van der Waals surface area contributed by atoms with Gasteiger partial charge >= 0.3 is 0 Å². The van der Waals surface area contributed by atoms with Crippen molar-refractivity contribution in [3.63, 3.8) is 0 Å². The van der Waals surface area contributed by atoms with Crippen molar-refractivity contribution in [3.8, 4) is 0 Å². The van der Waals surface area contributed by atoms with E-state index in [1.165, 1.54) is 12.4 Å². The smallest absolute Gasteiger partial charge is 0.264 e. The molecule has 0 unspecified atom stereocenters. The van der Waals surface area contributed by atoms with Crippen molar-refractivity contribution in [2.75, 3.05) is 16.6 Å². The quantitative estimate of drug-likeness (QED) is 0.844. The van der Waals surface area contributed by atoms with Gasteiger partial charge in [-0.2, -0.15) is 0 Å². The molecule has 0 saturated carbocycles. The van der Waals surface area contributed by atoms with Gasteiger partial charge in [0.15, 0.2) is 0 Å². The first kappa shape index (κ1) is 15.2. The van der Waals surface area contributed by atoms with Gasteiger partial charge in [0.05, 0.1) is 18.1 Å². The number of hydrogen-bond donors (Lipinski definition) is 2. The highest BCUT2D eigenvalue weighted by Gasteiger charge is 2.15. The summed E-state index contributed by atoms with van der Waals surface area (Å²) in [5.74, 6) is 0.413. The molecule has 112 valence electrons. The van der Waals surface area contributed by atoms with Crippen molar-refractivity contribution < 1.29 is 8.42 Å². The first-order valence-corrected chi connectivity index (χ1v) is 8.01. The third kappa shape index (κ3) is 4.12. The number of rotatable bonds is 6. The minimum atomic E-state index is -3.70. The highest BCUT2D eigenvalue weighted by Crippen LogP contribution is 2.15. The summed E-state index contributed by atoms with van der Waals surface area (Å²) in [6.45, 7) is 4.54. The summed E-state index contributed by atoms with van der Waals surface area (Å²) in [5, 5.41) is 2.98. The Morgan fingerprint density at radius 3 is 2.52 bits per heavy atom. The van der Waals surface area contributed by atoms with Crippen molar-refractivity contribution >= 4 is 21.7 Å². The van der Waals surface area contributed by atoms with Crippen LogP contribution < -0.4 is 10.0 Å². The molecule has 0 saturated heterocycles. The molecule has 0 radical (unpaired) electrons. The van der Waals surface area contributed by atoms with Gasteiger partial charge in [0.2, 0.25) is 5.95 Å². The van der Waals surface area contributed by atoms with Crippen LogP contribution in [0, 0.1) is 6.92 Å². The molecule has 0 amide bonds. The van der Waals surface area contributed by atoms with Crippen molar-refractivity contribution in [3.05, 3.63) is 36.4 Å². The van der Waals surface area contributed by atoms with Crippen molar-refractivity contribution in [1.82, 2.24) is 15.0 Å². The van der Waals surface area contributed by atoms with Gasteiger partial charge in [-0.1, -0.05) is 6.92 Å². The van der Waals surface area contributed by atoms with E-state index in [9.17, 15) is 8.42 Å². The molecule has 2 N–H and O–H groups in total. The Morgan fingerprint density at radius 1 is 1.19 bits per heavy atom. The number of anilines is 2. The monoisotopic (exact) mass is 307 g/mol. The molecular weight excluding hydrogens is 290 g/mol. The first-order chi connectivity index (χ1) is 10.0. The molecule has 0 aliphatic carbocycles. The molecular formula is C13H17N5O2S. The predicted octanol–water partition coefficient (Wildman–Crippen LogP) is 1.80. The Kier molecular flexibility index (Phi) is 4.69. The van der Waals surface area contributed by atoms with E-state index in [1.807, 2.05) is 6.92 Å². The Bertz CT molecular complexity index is 701. The van der Waals surface area contributed by atoms with Gasteiger partial charge in [-0.25, -0.2) is 18.4 Å². The Labute approximate surface area is 123 Å². The number of nitrogens with one attached hydrogen (secondary N) is 2. The maximum Gasteiger partial charge on any atom is 0.264 e. The second-order valence-corrected chi connectivity index (χ2v) is 6.14. The third-order valence-corrected chi connectivity index (χ3v) is 3.96. The molecule has 0 aliphatic heterocycles. The fourth-order valence-electron chi connectivity index (χ4n) is 1.61. The van der Waals surface area contributed by atoms with Crippen LogP contribution in [0.25, 0.3) is 0 Å². The van der Waals surface area contributed by atoms with E-state index < -0.39 is 10.0 Å². The van der Waals surface area contributed by atoms with Crippen molar-refractivity contribution in [2.24, 2.45) is 0 Å². The highest BCUT2D eigenvalue weighted by atomic mass is 32.2. The zero-order valence-corrected chi connectivity index (χ0v) is 12.7. The minimum absolute atomic E-state index is 0.0130. The molecule has 0 fully saturated rings. The lowest BCUT2D eigenvalue weighted by Gasteiger charge is -2.08. The number of aryl methyl sites for hydroxylation is 1. The van der Waals surface area contributed by atoms with Gasteiger partial charge in [-0.3, -0.25) is 9.71 Å². The lowest BCUT2D eigenvalue weighted by atomic mass is 10.3. The van der Waals surface area contributed by atoms with Crippen LogP contribution in [0.5, 0.6) is 0 Å². The first-order valence-electron chi connectivity index (χ1n) is 6.52. The van der Waals surface area contributed by atoms with E-state index in [2.05, 4.69) is 25.0 Å². The molecule has 0 spiro atoms. The maximum absolute atomic E-state index is 12.2. The summed E-state index contributed by atoms with van der Waals surface area (Å²) in [7, 11) is -3.70. The second kappa shape index (κ2) is 6.49.